The van der Waals surface area contributed by atoms with Gasteiger partial charge in [0, 0.05) is 18.8 Å². The van der Waals surface area contributed by atoms with Gasteiger partial charge < -0.3 is 4.57 Å². The molecule has 0 saturated carbocycles. The first-order valence-corrected chi connectivity index (χ1v) is 5.14. The highest BCUT2D eigenvalue weighted by Gasteiger charge is 2.09. The monoisotopic (exact) mass is 193 g/mol. The molecule has 1 heterocycles. The fraction of sp³-hybridized carbons (Fsp3) is 0.583. The van der Waals surface area contributed by atoms with Gasteiger partial charge in [-0.3, -0.25) is 4.79 Å². The van der Waals surface area contributed by atoms with E-state index >= 15 is 0 Å². The smallest absolute Gasteiger partial charge is 0.250 e. The number of aryl methyl sites for hydroxylation is 1. The summed E-state index contributed by atoms with van der Waals surface area (Å²) in [6, 6.07) is 5.29. The Morgan fingerprint density at radius 1 is 1.29 bits per heavy atom. The predicted octanol–water partition coefficient (Wildman–Crippen LogP) is 2.67. The number of rotatable bonds is 3. The van der Waals surface area contributed by atoms with Crippen LogP contribution < -0.4 is 5.56 Å². The molecular formula is C12H19NO. The molecule has 0 aromatic carbocycles. The number of hydrogen-bond donors (Lipinski definition) is 0. The topological polar surface area (TPSA) is 22.0 Å². The maximum absolute atomic E-state index is 11.3. The SMILES string of the molecule is CC(C)(C)CCCn1ccccc1=O. The third-order valence-electron chi connectivity index (χ3n) is 2.22. The Morgan fingerprint density at radius 3 is 2.57 bits per heavy atom. The number of pyridine rings is 1. The van der Waals surface area contributed by atoms with E-state index in [1.165, 1.54) is 0 Å². The first kappa shape index (κ1) is 11.0. The summed E-state index contributed by atoms with van der Waals surface area (Å²) >= 11 is 0. The van der Waals surface area contributed by atoms with Crippen LogP contribution in [0.4, 0.5) is 0 Å². The summed E-state index contributed by atoms with van der Waals surface area (Å²) in [5, 5.41) is 0. The minimum absolute atomic E-state index is 0.0985. The minimum atomic E-state index is 0.0985. The van der Waals surface area contributed by atoms with Crippen LogP contribution in [0.3, 0.4) is 0 Å². The van der Waals surface area contributed by atoms with Crippen molar-refractivity contribution < 1.29 is 0 Å². The maximum Gasteiger partial charge on any atom is 0.250 e. The molecule has 0 fully saturated rings. The van der Waals surface area contributed by atoms with Crippen LogP contribution in [0.15, 0.2) is 29.2 Å². The summed E-state index contributed by atoms with van der Waals surface area (Å²) in [5.74, 6) is 0. The van der Waals surface area contributed by atoms with Gasteiger partial charge in [0.25, 0.3) is 0 Å². The van der Waals surface area contributed by atoms with Gasteiger partial charge in [-0.2, -0.15) is 0 Å². The first-order chi connectivity index (χ1) is 6.49. The zero-order valence-electron chi connectivity index (χ0n) is 9.29. The van der Waals surface area contributed by atoms with Crippen LogP contribution in [0.25, 0.3) is 0 Å². The maximum atomic E-state index is 11.3. The van der Waals surface area contributed by atoms with Crippen molar-refractivity contribution in [3.05, 3.63) is 34.7 Å². The van der Waals surface area contributed by atoms with E-state index in [4.69, 9.17) is 0 Å². The zero-order chi connectivity index (χ0) is 10.6. The number of nitrogens with zero attached hydrogens (tertiary/aromatic N) is 1. The molecule has 0 N–H and O–H groups in total. The molecule has 14 heavy (non-hydrogen) atoms. The number of aromatic nitrogens is 1. The summed E-state index contributed by atoms with van der Waals surface area (Å²) in [7, 11) is 0. The molecule has 2 heteroatoms. The second-order valence-electron chi connectivity index (χ2n) is 4.90. The van der Waals surface area contributed by atoms with Crippen molar-refractivity contribution in [3.8, 4) is 0 Å². The van der Waals surface area contributed by atoms with Crippen LogP contribution in [-0.2, 0) is 6.54 Å². The Kier molecular flexibility index (Phi) is 3.50. The third-order valence-corrected chi connectivity index (χ3v) is 2.22. The molecule has 78 valence electrons. The second kappa shape index (κ2) is 4.45. The lowest BCUT2D eigenvalue weighted by atomic mass is 9.91. The molecule has 0 aliphatic heterocycles. The molecule has 2 nitrogen and oxygen atoms in total. The van der Waals surface area contributed by atoms with Crippen LogP contribution in [0.1, 0.15) is 33.6 Å². The van der Waals surface area contributed by atoms with Crippen molar-refractivity contribution in [3.63, 3.8) is 0 Å². The molecule has 0 spiro atoms. The van der Waals surface area contributed by atoms with Crippen molar-refractivity contribution in [2.45, 2.75) is 40.2 Å². The van der Waals surface area contributed by atoms with Gasteiger partial charge in [-0.25, -0.2) is 0 Å². The van der Waals surface area contributed by atoms with E-state index in [0.29, 0.717) is 5.41 Å². The molecule has 0 amide bonds. The van der Waals surface area contributed by atoms with Gasteiger partial charge in [0.05, 0.1) is 0 Å². The molecule has 0 aliphatic rings. The van der Waals surface area contributed by atoms with Gasteiger partial charge in [0.15, 0.2) is 0 Å². The Bertz CT molecular complexity index is 333. The van der Waals surface area contributed by atoms with E-state index in [0.717, 1.165) is 19.4 Å². The summed E-state index contributed by atoms with van der Waals surface area (Å²) in [6.45, 7) is 7.50. The quantitative estimate of drug-likeness (QED) is 0.723. The summed E-state index contributed by atoms with van der Waals surface area (Å²) in [5.41, 5.74) is 0.458. The molecule has 0 unspecified atom stereocenters. The number of hydrogen-bond acceptors (Lipinski definition) is 1. The molecule has 1 rings (SSSR count). The lowest BCUT2D eigenvalue weighted by molar-refractivity contribution is 0.352. The highest BCUT2D eigenvalue weighted by molar-refractivity contribution is 4.92. The fourth-order valence-electron chi connectivity index (χ4n) is 1.43. The van der Waals surface area contributed by atoms with Gasteiger partial charge in [0.1, 0.15) is 0 Å². The van der Waals surface area contributed by atoms with Gasteiger partial charge in [-0.05, 0) is 24.3 Å². The van der Waals surface area contributed by atoms with Gasteiger partial charge in [-0.1, -0.05) is 26.8 Å². The van der Waals surface area contributed by atoms with E-state index in [1.54, 1.807) is 16.7 Å². The minimum Gasteiger partial charge on any atom is -0.316 e. The molecule has 1 aromatic heterocycles. The van der Waals surface area contributed by atoms with Crippen LogP contribution >= 0.6 is 0 Å². The van der Waals surface area contributed by atoms with E-state index in [2.05, 4.69) is 20.8 Å². The lowest BCUT2D eigenvalue weighted by Crippen LogP contribution is -2.18. The van der Waals surface area contributed by atoms with Crippen LogP contribution in [0, 0.1) is 5.41 Å². The predicted molar refractivity (Wildman–Crippen MR) is 59.4 cm³/mol. The molecule has 1 aromatic rings. The Balaban J connectivity index is 2.47. The van der Waals surface area contributed by atoms with Crippen LogP contribution in [-0.4, -0.2) is 4.57 Å². The third kappa shape index (κ3) is 3.77. The molecule has 0 radical (unpaired) electrons. The largest absolute Gasteiger partial charge is 0.316 e. The lowest BCUT2D eigenvalue weighted by Gasteiger charge is -2.17. The molecule has 0 aliphatic carbocycles. The average Bonchev–Trinajstić information content (AvgIpc) is 2.06. The van der Waals surface area contributed by atoms with E-state index in [9.17, 15) is 4.79 Å². The average molecular weight is 193 g/mol. The summed E-state index contributed by atoms with van der Waals surface area (Å²) in [6.07, 6.45) is 4.06. The second-order valence-corrected chi connectivity index (χ2v) is 4.90. The van der Waals surface area contributed by atoms with Gasteiger partial charge in [0.2, 0.25) is 5.56 Å². The van der Waals surface area contributed by atoms with Crippen molar-refractivity contribution in [1.82, 2.24) is 4.57 Å². The molecule has 0 atom stereocenters. The van der Waals surface area contributed by atoms with Crippen molar-refractivity contribution >= 4 is 0 Å². The van der Waals surface area contributed by atoms with Crippen molar-refractivity contribution in [2.24, 2.45) is 5.41 Å². The van der Waals surface area contributed by atoms with Gasteiger partial charge >= 0.3 is 0 Å². The van der Waals surface area contributed by atoms with Crippen LogP contribution in [0.2, 0.25) is 0 Å². The van der Waals surface area contributed by atoms with Crippen LogP contribution in [0.5, 0.6) is 0 Å². The van der Waals surface area contributed by atoms with E-state index < -0.39 is 0 Å². The van der Waals surface area contributed by atoms with Gasteiger partial charge in [-0.15, -0.1) is 0 Å². The first-order valence-electron chi connectivity index (χ1n) is 5.14. The Morgan fingerprint density at radius 2 is 2.00 bits per heavy atom. The standard InChI is InChI=1S/C12H19NO/c1-12(2,3)8-6-10-13-9-5-4-7-11(13)14/h4-5,7,9H,6,8,10H2,1-3H3. The molecule has 0 bridgehead atoms. The highest BCUT2D eigenvalue weighted by atomic mass is 16.1. The van der Waals surface area contributed by atoms with E-state index in [1.807, 2.05) is 12.3 Å². The van der Waals surface area contributed by atoms with Crippen molar-refractivity contribution in [1.29, 1.82) is 0 Å². The highest BCUT2D eigenvalue weighted by Crippen LogP contribution is 2.20. The summed E-state index contributed by atoms with van der Waals surface area (Å²) < 4.78 is 1.77. The molecular weight excluding hydrogens is 174 g/mol. The normalized spacial score (nSPS) is 11.6. The molecule has 0 saturated heterocycles. The zero-order valence-corrected chi connectivity index (χ0v) is 9.29. The fourth-order valence-corrected chi connectivity index (χ4v) is 1.43. The van der Waals surface area contributed by atoms with E-state index in [-0.39, 0.29) is 5.56 Å². The van der Waals surface area contributed by atoms with Crippen molar-refractivity contribution in [2.75, 3.05) is 0 Å². The Labute approximate surface area is 85.6 Å². The Hall–Kier alpha value is -1.05. The summed E-state index contributed by atoms with van der Waals surface area (Å²) in [4.78, 5) is 11.3.